The predicted molar refractivity (Wildman–Crippen MR) is 104 cm³/mol. The monoisotopic (exact) mass is 374 g/mol. The van der Waals surface area contributed by atoms with E-state index in [9.17, 15) is 0 Å². The van der Waals surface area contributed by atoms with Crippen LogP contribution in [0.5, 0.6) is 0 Å². The summed E-state index contributed by atoms with van der Waals surface area (Å²) in [5.41, 5.74) is 3.98. The normalized spacial score (nSPS) is 10.7. The molecule has 2 aromatic heterocycles. The second-order valence-corrected chi connectivity index (χ2v) is 6.56. The van der Waals surface area contributed by atoms with E-state index in [1.165, 1.54) is 0 Å². The molecule has 0 spiro atoms. The zero-order valence-electron chi connectivity index (χ0n) is 14.0. The fraction of sp³-hybridized carbons (Fsp3) is 0.222. The zero-order chi connectivity index (χ0) is 17.8. The van der Waals surface area contributed by atoms with Gasteiger partial charge in [-0.25, -0.2) is 0 Å². The van der Waals surface area contributed by atoms with Crippen LogP contribution in [-0.4, -0.2) is 14.9 Å². The Hall–Kier alpha value is -2.31. The van der Waals surface area contributed by atoms with Crippen LogP contribution in [0, 0.1) is 13.8 Å². The Morgan fingerprint density at radius 3 is 2.68 bits per heavy atom. The van der Waals surface area contributed by atoms with Gasteiger partial charge in [0.05, 0.1) is 36.4 Å². The third-order valence-corrected chi connectivity index (χ3v) is 4.37. The molecule has 0 saturated heterocycles. The average molecular weight is 375 g/mol. The number of nitrogens with one attached hydrogen (secondary N) is 2. The molecule has 0 fully saturated rings. The maximum Gasteiger partial charge on any atom is 0.171 e. The molecule has 0 atom stereocenters. The van der Waals surface area contributed by atoms with Gasteiger partial charge in [0, 0.05) is 5.02 Å². The Kier molecular flexibility index (Phi) is 5.40. The van der Waals surface area contributed by atoms with Crippen molar-refractivity contribution in [2.45, 2.75) is 26.9 Å². The summed E-state index contributed by atoms with van der Waals surface area (Å²) < 4.78 is 7.24. The Bertz CT molecular complexity index is 856. The smallest absolute Gasteiger partial charge is 0.171 e. The molecule has 2 N–H and O–H groups in total. The van der Waals surface area contributed by atoms with Gasteiger partial charge in [0.15, 0.2) is 5.11 Å². The van der Waals surface area contributed by atoms with Crippen LogP contribution in [0.25, 0.3) is 0 Å². The molecular formula is C18H19ClN4OS. The van der Waals surface area contributed by atoms with E-state index >= 15 is 0 Å². The third kappa shape index (κ3) is 4.41. The Balaban J connectivity index is 1.66. The summed E-state index contributed by atoms with van der Waals surface area (Å²) in [6.45, 7) is 5.20. The minimum atomic E-state index is 0.536. The lowest BCUT2D eigenvalue weighted by molar-refractivity contribution is 0.503. The third-order valence-electron chi connectivity index (χ3n) is 3.87. The van der Waals surface area contributed by atoms with Crippen molar-refractivity contribution in [2.75, 3.05) is 5.32 Å². The largest absolute Gasteiger partial charge is 0.467 e. The Morgan fingerprint density at radius 1 is 1.24 bits per heavy atom. The molecule has 0 unspecified atom stereocenters. The first kappa shape index (κ1) is 17.5. The standard InChI is InChI=1S/C18H19ClN4OS/c1-12-17(21-18(25)20-10-16-4-3-9-24-16)13(2)23(22-12)11-14-5-7-15(19)8-6-14/h3-9H,10-11H2,1-2H3,(H2,20,21,25). The van der Waals surface area contributed by atoms with Gasteiger partial charge in [0.1, 0.15) is 5.76 Å². The maximum absolute atomic E-state index is 5.94. The maximum atomic E-state index is 5.94. The molecular weight excluding hydrogens is 356 g/mol. The van der Waals surface area contributed by atoms with E-state index in [1.54, 1.807) is 6.26 Å². The van der Waals surface area contributed by atoms with E-state index in [1.807, 2.05) is 54.9 Å². The number of rotatable bonds is 5. The van der Waals surface area contributed by atoms with E-state index in [0.717, 1.165) is 33.4 Å². The number of aromatic nitrogens is 2. The van der Waals surface area contributed by atoms with Crippen molar-refractivity contribution in [2.24, 2.45) is 0 Å². The van der Waals surface area contributed by atoms with Crippen LogP contribution in [0.1, 0.15) is 22.7 Å². The summed E-state index contributed by atoms with van der Waals surface area (Å²) in [5.74, 6) is 0.830. The van der Waals surface area contributed by atoms with Gasteiger partial charge in [-0.3, -0.25) is 4.68 Å². The number of benzene rings is 1. The first-order chi connectivity index (χ1) is 12.0. The Morgan fingerprint density at radius 2 is 2.00 bits per heavy atom. The molecule has 0 aliphatic rings. The summed E-state index contributed by atoms with van der Waals surface area (Å²) in [5, 5.41) is 12.2. The van der Waals surface area contributed by atoms with Crippen LogP contribution in [0.2, 0.25) is 5.02 Å². The number of thiocarbonyl (C=S) groups is 1. The topological polar surface area (TPSA) is 55.0 Å². The molecule has 3 rings (SSSR count). The molecule has 0 aliphatic carbocycles. The van der Waals surface area contributed by atoms with Crippen LogP contribution < -0.4 is 10.6 Å². The second kappa shape index (κ2) is 7.72. The Labute approximate surface area is 157 Å². The van der Waals surface area contributed by atoms with Crippen LogP contribution in [0.15, 0.2) is 47.1 Å². The molecule has 1 aromatic carbocycles. The van der Waals surface area contributed by atoms with E-state index in [0.29, 0.717) is 18.2 Å². The lowest BCUT2D eigenvalue weighted by Crippen LogP contribution is -2.28. The highest BCUT2D eigenvalue weighted by molar-refractivity contribution is 7.80. The summed E-state index contributed by atoms with van der Waals surface area (Å²) in [6, 6.07) is 11.5. The van der Waals surface area contributed by atoms with Crippen LogP contribution >= 0.6 is 23.8 Å². The zero-order valence-corrected chi connectivity index (χ0v) is 15.6. The fourth-order valence-corrected chi connectivity index (χ4v) is 2.83. The van der Waals surface area contributed by atoms with E-state index < -0.39 is 0 Å². The van der Waals surface area contributed by atoms with Crippen molar-refractivity contribution in [3.63, 3.8) is 0 Å². The van der Waals surface area contributed by atoms with Crippen molar-refractivity contribution in [3.05, 3.63) is 70.4 Å². The number of nitrogens with zero attached hydrogens (tertiary/aromatic N) is 2. The fourth-order valence-electron chi connectivity index (χ4n) is 2.53. The molecule has 0 amide bonds. The first-order valence-electron chi connectivity index (χ1n) is 7.88. The molecule has 0 radical (unpaired) electrons. The van der Waals surface area contributed by atoms with Gasteiger partial charge < -0.3 is 15.1 Å². The van der Waals surface area contributed by atoms with E-state index in [2.05, 4.69) is 15.7 Å². The second-order valence-electron chi connectivity index (χ2n) is 5.72. The molecule has 7 heteroatoms. The molecule has 0 saturated carbocycles. The predicted octanol–water partition coefficient (Wildman–Crippen LogP) is 4.28. The van der Waals surface area contributed by atoms with Crippen molar-refractivity contribution in [1.29, 1.82) is 0 Å². The molecule has 2 heterocycles. The molecule has 5 nitrogen and oxygen atoms in total. The van der Waals surface area contributed by atoms with Crippen LogP contribution in [0.3, 0.4) is 0 Å². The molecule has 0 bridgehead atoms. The number of anilines is 1. The quantitative estimate of drug-likeness (QED) is 0.653. The highest BCUT2D eigenvalue weighted by Crippen LogP contribution is 2.21. The van der Waals surface area contributed by atoms with Gasteiger partial charge in [0.25, 0.3) is 0 Å². The molecule has 0 aliphatic heterocycles. The number of aryl methyl sites for hydroxylation is 1. The minimum absolute atomic E-state index is 0.536. The van der Waals surface area contributed by atoms with Gasteiger partial charge in [-0.2, -0.15) is 5.10 Å². The number of furan rings is 1. The van der Waals surface area contributed by atoms with Crippen LogP contribution in [-0.2, 0) is 13.1 Å². The van der Waals surface area contributed by atoms with Gasteiger partial charge in [-0.1, -0.05) is 23.7 Å². The van der Waals surface area contributed by atoms with Gasteiger partial charge in [0.2, 0.25) is 0 Å². The van der Waals surface area contributed by atoms with Crippen molar-refractivity contribution in [1.82, 2.24) is 15.1 Å². The average Bonchev–Trinajstić information content (AvgIpc) is 3.19. The van der Waals surface area contributed by atoms with Crippen molar-refractivity contribution < 1.29 is 4.42 Å². The molecule has 3 aromatic rings. The highest BCUT2D eigenvalue weighted by Gasteiger charge is 2.13. The number of hydrogen-bond acceptors (Lipinski definition) is 3. The van der Waals surface area contributed by atoms with Crippen LogP contribution in [0.4, 0.5) is 5.69 Å². The number of halogens is 1. The summed E-state index contributed by atoms with van der Waals surface area (Å²) in [7, 11) is 0. The van der Waals surface area contributed by atoms with E-state index in [-0.39, 0.29) is 0 Å². The summed E-state index contributed by atoms with van der Waals surface area (Å²) >= 11 is 11.3. The lowest BCUT2D eigenvalue weighted by Gasteiger charge is -2.10. The first-order valence-corrected chi connectivity index (χ1v) is 8.67. The van der Waals surface area contributed by atoms with Gasteiger partial charge >= 0.3 is 0 Å². The SMILES string of the molecule is Cc1nn(Cc2ccc(Cl)cc2)c(C)c1NC(=S)NCc1ccco1. The van der Waals surface area contributed by atoms with Crippen molar-refractivity contribution in [3.8, 4) is 0 Å². The highest BCUT2D eigenvalue weighted by atomic mass is 35.5. The number of hydrogen-bond donors (Lipinski definition) is 2. The van der Waals surface area contributed by atoms with Gasteiger partial charge in [-0.05, 0) is 55.9 Å². The lowest BCUT2D eigenvalue weighted by atomic mass is 10.2. The summed E-state index contributed by atoms with van der Waals surface area (Å²) in [6.07, 6.45) is 1.64. The van der Waals surface area contributed by atoms with Gasteiger partial charge in [-0.15, -0.1) is 0 Å². The minimum Gasteiger partial charge on any atom is -0.467 e. The molecule has 25 heavy (non-hydrogen) atoms. The molecule has 130 valence electrons. The van der Waals surface area contributed by atoms with E-state index in [4.69, 9.17) is 28.2 Å². The van der Waals surface area contributed by atoms with Crippen molar-refractivity contribution >= 4 is 34.6 Å². The summed E-state index contributed by atoms with van der Waals surface area (Å²) in [4.78, 5) is 0.